The number of carbonyl (C=O) groups excluding carboxylic acids is 2. The third kappa shape index (κ3) is 8.29. The summed E-state index contributed by atoms with van der Waals surface area (Å²) in [6.45, 7) is 9.29. The van der Waals surface area contributed by atoms with Gasteiger partial charge in [0.25, 0.3) is 0 Å². The Balaban J connectivity index is 0.00000260. The number of anilines is 1. The number of terminal acetylenes is 1. The Morgan fingerprint density at radius 3 is 2.03 bits per heavy atom. The molecular weight excluding hydrogens is 504 g/mol. The highest BCUT2D eigenvalue weighted by molar-refractivity contribution is 7.10. The molecule has 3 amide bonds. The summed E-state index contributed by atoms with van der Waals surface area (Å²) in [6, 6.07) is 17.2. The van der Waals surface area contributed by atoms with Crippen LogP contribution in [0, 0.1) is 50.9 Å². The van der Waals surface area contributed by atoms with Gasteiger partial charge in [-0.2, -0.15) is 5.26 Å². The number of aryl methyl sites for hydroxylation is 3. The second-order valence-corrected chi connectivity index (χ2v) is 11.1. The van der Waals surface area contributed by atoms with Crippen LogP contribution in [0.2, 0.25) is 0 Å². The summed E-state index contributed by atoms with van der Waals surface area (Å²) in [5.41, 5.74) is 5.33. The zero-order valence-electron chi connectivity index (χ0n) is 23.9. The van der Waals surface area contributed by atoms with Crippen molar-refractivity contribution in [2.45, 2.75) is 40.2 Å². The van der Waals surface area contributed by atoms with Crippen molar-refractivity contribution in [2.24, 2.45) is 5.92 Å². The molecule has 0 aliphatic heterocycles. The molecule has 0 aliphatic rings. The average Bonchev–Trinajstić information content (AvgIpc) is 3.31. The molecule has 0 aliphatic carbocycles. The van der Waals surface area contributed by atoms with Gasteiger partial charge >= 0.3 is 6.03 Å². The molecule has 204 valence electrons. The van der Waals surface area contributed by atoms with Crippen LogP contribution in [-0.4, -0.2) is 49.4 Å². The number of benzene rings is 2. The van der Waals surface area contributed by atoms with Crippen molar-refractivity contribution < 1.29 is 9.59 Å². The first-order valence-corrected chi connectivity index (χ1v) is 13.6. The Kier molecular flexibility index (Phi) is 11.5. The van der Waals surface area contributed by atoms with Crippen molar-refractivity contribution in [1.82, 2.24) is 9.80 Å². The third-order valence-corrected chi connectivity index (χ3v) is 7.48. The minimum absolute atomic E-state index is 0.185. The van der Waals surface area contributed by atoms with Gasteiger partial charge in [0, 0.05) is 43.9 Å². The van der Waals surface area contributed by atoms with E-state index in [0.717, 1.165) is 23.2 Å². The van der Waals surface area contributed by atoms with Gasteiger partial charge in [-0.3, -0.25) is 4.79 Å². The maximum Gasteiger partial charge on any atom is 0.330 e. The van der Waals surface area contributed by atoms with Crippen LogP contribution < -0.4 is 4.90 Å². The maximum absolute atomic E-state index is 14.1. The van der Waals surface area contributed by atoms with Crippen LogP contribution >= 0.6 is 11.3 Å². The lowest BCUT2D eigenvalue weighted by Crippen LogP contribution is -2.47. The van der Waals surface area contributed by atoms with Gasteiger partial charge in [0.05, 0.1) is 17.3 Å². The topological polar surface area (TPSA) is 67.6 Å². The van der Waals surface area contributed by atoms with Gasteiger partial charge in [0.2, 0.25) is 5.91 Å². The summed E-state index contributed by atoms with van der Waals surface area (Å²) in [4.78, 5) is 33.6. The molecule has 0 bridgehead atoms. The zero-order chi connectivity index (χ0) is 29.3. The fourth-order valence-electron chi connectivity index (χ4n) is 4.58. The number of nitrogens with zero attached hydrogens (tertiary/aromatic N) is 4. The number of hydrogen-bond donors (Lipinski definition) is 0. The van der Waals surface area contributed by atoms with Gasteiger partial charge in [0.15, 0.2) is 0 Å². The van der Waals surface area contributed by atoms with Crippen LogP contribution in [0.3, 0.4) is 0 Å². The summed E-state index contributed by atoms with van der Waals surface area (Å²) in [5.74, 6) is -0.932. The highest BCUT2D eigenvalue weighted by Crippen LogP contribution is 2.31. The molecule has 0 saturated carbocycles. The summed E-state index contributed by atoms with van der Waals surface area (Å²) in [5, 5.41) is 11.4. The first kappa shape index (κ1) is 31.3. The summed E-state index contributed by atoms with van der Waals surface area (Å²) >= 11 is 1.73. The number of urea groups is 1. The van der Waals surface area contributed by atoms with E-state index in [4.69, 9.17) is 0 Å². The Bertz CT molecular complexity index is 1310. The minimum Gasteiger partial charge on any atom is -0.330 e. The number of thiophene rings is 1. The van der Waals surface area contributed by atoms with E-state index < -0.39 is 5.92 Å². The van der Waals surface area contributed by atoms with Crippen molar-refractivity contribution >= 4 is 29.0 Å². The van der Waals surface area contributed by atoms with Gasteiger partial charge in [-0.15, -0.1) is 24.2 Å². The Morgan fingerprint density at radius 2 is 1.54 bits per heavy atom. The molecule has 0 spiro atoms. The van der Waals surface area contributed by atoms with Crippen molar-refractivity contribution in [3.63, 3.8) is 0 Å². The first-order chi connectivity index (χ1) is 18.5. The molecule has 0 unspecified atom stereocenters. The van der Waals surface area contributed by atoms with E-state index in [0.29, 0.717) is 17.8 Å². The molecule has 3 rings (SSSR count). The number of rotatable bonds is 8. The van der Waals surface area contributed by atoms with Gasteiger partial charge in [0.1, 0.15) is 0 Å². The molecule has 2 atom stereocenters. The van der Waals surface area contributed by atoms with E-state index in [2.05, 4.69) is 49.2 Å². The molecule has 7 heteroatoms. The first-order valence-electron chi connectivity index (χ1n) is 12.7. The number of imide groups is 1. The van der Waals surface area contributed by atoms with E-state index in [1.165, 1.54) is 20.2 Å². The molecule has 0 fully saturated rings. The van der Waals surface area contributed by atoms with Crippen LogP contribution in [0.25, 0.3) is 0 Å². The minimum atomic E-state index is -0.495. The molecule has 39 heavy (non-hydrogen) atoms. The molecule has 2 aromatic carbocycles. The Morgan fingerprint density at radius 1 is 0.949 bits per heavy atom. The lowest BCUT2D eigenvalue weighted by atomic mass is 9.85. The highest BCUT2D eigenvalue weighted by Gasteiger charge is 2.34. The van der Waals surface area contributed by atoms with Crippen LogP contribution in [0.1, 0.15) is 45.5 Å². The Hall–Kier alpha value is -3.91. The smallest absolute Gasteiger partial charge is 0.330 e. The van der Waals surface area contributed by atoms with Crippen LogP contribution in [-0.2, 0) is 11.3 Å². The summed E-state index contributed by atoms with van der Waals surface area (Å²) in [7, 11) is 5.37. The van der Waals surface area contributed by atoms with Gasteiger partial charge < -0.3 is 9.80 Å². The van der Waals surface area contributed by atoms with E-state index in [1.54, 1.807) is 37.6 Å². The van der Waals surface area contributed by atoms with Gasteiger partial charge in [-0.25, -0.2) is 9.69 Å². The van der Waals surface area contributed by atoms with Gasteiger partial charge in [-0.1, -0.05) is 25.1 Å². The van der Waals surface area contributed by atoms with Gasteiger partial charge in [-0.05, 0) is 85.8 Å². The summed E-state index contributed by atoms with van der Waals surface area (Å²) < 4.78 is 0. The molecule has 0 saturated heterocycles. The molecule has 0 N–H and O–H groups in total. The highest BCUT2D eigenvalue weighted by atomic mass is 32.1. The van der Waals surface area contributed by atoms with Crippen LogP contribution in [0.4, 0.5) is 10.5 Å². The van der Waals surface area contributed by atoms with Crippen molar-refractivity contribution in [2.75, 3.05) is 32.6 Å². The normalized spacial score (nSPS) is 12.0. The quantitative estimate of drug-likeness (QED) is 0.311. The maximum atomic E-state index is 14.1. The SMILES string of the molecule is C#C.Cc1cc(C)cc(N(C(=O)[C@@H](C)[C@@H](CN(C)Cc2cc(C)cs2)c2ccc(C#N)cc2)C(=O)N(C)C)c1. The van der Waals surface area contributed by atoms with E-state index in [9.17, 15) is 14.9 Å². The molecule has 0 radical (unpaired) electrons. The van der Waals surface area contributed by atoms with Crippen LogP contribution in [0.15, 0.2) is 53.9 Å². The summed E-state index contributed by atoms with van der Waals surface area (Å²) in [6.07, 6.45) is 8.00. The average molecular weight is 543 g/mol. The molecule has 1 heterocycles. The fraction of sp³-hybridized carbons (Fsp3) is 0.344. The second-order valence-electron chi connectivity index (χ2n) is 10.1. The van der Waals surface area contributed by atoms with E-state index in [1.807, 2.05) is 51.1 Å². The van der Waals surface area contributed by atoms with Crippen molar-refractivity contribution in [1.29, 1.82) is 5.26 Å². The number of hydrogen-bond acceptors (Lipinski definition) is 5. The predicted octanol–water partition coefficient (Wildman–Crippen LogP) is 6.36. The predicted molar refractivity (Wildman–Crippen MR) is 161 cm³/mol. The molecule has 1 aromatic heterocycles. The number of amides is 3. The number of likely N-dealkylation sites (N-methyl/N-ethyl adjacent to an activating group) is 1. The van der Waals surface area contributed by atoms with Crippen LogP contribution in [0.5, 0.6) is 0 Å². The largest absolute Gasteiger partial charge is 0.330 e. The monoisotopic (exact) mass is 542 g/mol. The molecular formula is C32H38N4O2S. The number of nitriles is 1. The zero-order valence-corrected chi connectivity index (χ0v) is 24.7. The lowest BCUT2D eigenvalue weighted by molar-refractivity contribution is -0.122. The van der Waals surface area contributed by atoms with Crippen molar-refractivity contribution in [3.05, 3.63) is 86.6 Å². The van der Waals surface area contributed by atoms with E-state index in [-0.39, 0.29) is 17.9 Å². The Labute approximate surface area is 237 Å². The van der Waals surface area contributed by atoms with E-state index >= 15 is 0 Å². The van der Waals surface area contributed by atoms with Crippen molar-refractivity contribution in [3.8, 4) is 18.9 Å². The molecule has 6 nitrogen and oxygen atoms in total. The fourth-order valence-corrected chi connectivity index (χ4v) is 5.54. The standard InChI is InChI=1S/C30H36N4O2S.C2H2/c1-20-12-21(2)14-26(13-20)34(30(36)32(5)6)29(35)23(4)28(25-10-8-24(16-31)9-11-25)18-33(7)17-27-15-22(3)19-37-27;1-2/h8-15,19,23,28H,17-18H2,1-7H3;1-2H/t23-,28+;/m0./s1. The molecule has 3 aromatic rings. The third-order valence-electron chi connectivity index (χ3n) is 6.44. The number of carbonyl (C=O) groups is 2. The second kappa shape index (κ2) is 14.3. The lowest BCUT2D eigenvalue weighted by Gasteiger charge is -2.33.